The van der Waals surface area contributed by atoms with Gasteiger partial charge in [0.1, 0.15) is 5.78 Å². The Labute approximate surface area is 177 Å². The molecule has 0 aliphatic heterocycles. The van der Waals surface area contributed by atoms with E-state index in [0.29, 0.717) is 5.78 Å². The van der Waals surface area contributed by atoms with Crippen LogP contribution in [0.15, 0.2) is 0 Å². The van der Waals surface area contributed by atoms with Crippen LogP contribution in [0.25, 0.3) is 0 Å². The molecule has 0 aromatic carbocycles. The van der Waals surface area contributed by atoms with Crippen LogP contribution in [0, 0.1) is 0 Å². The quantitative estimate of drug-likeness (QED) is 0.166. The van der Waals surface area contributed by atoms with Crippen molar-refractivity contribution in [1.82, 2.24) is 0 Å². The van der Waals surface area contributed by atoms with Gasteiger partial charge in [-0.15, -0.1) is 0 Å². The van der Waals surface area contributed by atoms with Gasteiger partial charge in [-0.05, 0) is 25.8 Å². The second-order valence-electron chi connectivity index (χ2n) is 8.90. The molecule has 168 valence electrons. The summed E-state index contributed by atoms with van der Waals surface area (Å²) in [4.78, 5) is 11.9. The maximum Gasteiger partial charge on any atom is 0.132 e. The summed E-state index contributed by atoms with van der Waals surface area (Å²) >= 11 is 0. The number of hydrogen-bond acceptors (Lipinski definition) is 2. The molecule has 0 aromatic heterocycles. The zero-order valence-electron chi connectivity index (χ0n) is 19.5. The number of nitrogens with two attached hydrogens (primary N) is 1. The van der Waals surface area contributed by atoms with E-state index < -0.39 is 0 Å². The molecule has 0 rings (SSSR count). The van der Waals surface area contributed by atoms with Crippen molar-refractivity contribution in [2.24, 2.45) is 5.73 Å². The van der Waals surface area contributed by atoms with Crippen LogP contribution in [0.1, 0.15) is 155 Å². The van der Waals surface area contributed by atoms with E-state index in [4.69, 9.17) is 5.73 Å². The van der Waals surface area contributed by atoms with E-state index in [9.17, 15) is 4.79 Å². The Morgan fingerprint density at radius 3 is 1.07 bits per heavy atom. The van der Waals surface area contributed by atoms with Crippen molar-refractivity contribution in [3.05, 3.63) is 0 Å². The number of ketones is 1. The minimum absolute atomic E-state index is 0.512. The van der Waals surface area contributed by atoms with Crippen molar-refractivity contribution in [3.8, 4) is 0 Å². The van der Waals surface area contributed by atoms with Crippen LogP contribution in [0.3, 0.4) is 0 Å². The van der Waals surface area contributed by atoms with Crippen molar-refractivity contribution in [2.45, 2.75) is 155 Å². The van der Waals surface area contributed by atoms with Crippen molar-refractivity contribution in [2.75, 3.05) is 6.54 Å². The molecule has 0 saturated heterocycles. The standard InChI is InChI=1S/C26H53NO/c1-2-3-4-5-6-11-14-17-20-23-26(28)24-21-18-15-12-9-7-8-10-13-16-19-22-25-27/h2-25,27H2,1H3. The maximum absolute atomic E-state index is 11.9. The molecular formula is C26H53NO. The number of hydrogen-bond donors (Lipinski definition) is 1. The lowest BCUT2D eigenvalue weighted by Gasteiger charge is -2.04. The summed E-state index contributed by atoms with van der Waals surface area (Å²) in [5.41, 5.74) is 5.51. The first kappa shape index (κ1) is 27.6. The van der Waals surface area contributed by atoms with E-state index in [0.717, 1.165) is 32.2 Å². The Morgan fingerprint density at radius 2 is 0.750 bits per heavy atom. The predicted octanol–water partition coefficient (Wildman–Crippen LogP) is 8.51. The van der Waals surface area contributed by atoms with E-state index in [1.807, 2.05) is 0 Å². The first-order valence-corrected chi connectivity index (χ1v) is 13.0. The topological polar surface area (TPSA) is 43.1 Å². The molecule has 0 saturated carbocycles. The molecule has 0 heterocycles. The van der Waals surface area contributed by atoms with Gasteiger partial charge in [0.05, 0.1) is 0 Å². The molecule has 0 atom stereocenters. The number of rotatable bonds is 24. The van der Waals surface area contributed by atoms with Gasteiger partial charge in [-0.2, -0.15) is 0 Å². The molecule has 0 aliphatic carbocycles. The van der Waals surface area contributed by atoms with Crippen molar-refractivity contribution in [3.63, 3.8) is 0 Å². The summed E-state index contributed by atoms with van der Waals surface area (Å²) in [6, 6.07) is 0. The fourth-order valence-corrected chi connectivity index (χ4v) is 3.99. The van der Waals surface area contributed by atoms with Gasteiger partial charge in [-0.1, -0.05) is 122 Å². The average molecular weight is 396 g/mol. The zero-order chi connectivity index (χ0) is 20.5. The Kier molecular flexibility index (Phi) is 24.3. The smallest absolute Gasteiger partial charge is 0.132 e. The van der Waals surface area contributed by atoms with Crippen molar-refractivity contribution < 1.29 is 4.79 Å². The summed E-state index contributed by atoms with van der Waals surface area (Å²) in [6.45, 7) is 3.12. The van der Waals surface area contributed by atoms with Gasteiger partial charge < -0.3 is 5.73 Å². The van der Waals surface area contributed by atoms with Gasteiger partial charge in [-0.3, -0.25) is 4.79 Å². The molecule has 0 aliphatic rings. The zero-order valence-corrected chi connectivity index (χ0v) is 19.5. The maximum atomic E-state index is 11.9. The molecule has 0 unspecified atom stereocenters. The number of carbonyl (C=O) groups is 1. The van der Waals surface area contributed by atoms with E-state index in [1.54, 1.807) is 0 Å². The van der Waals surface area contributed by atoms with E-state index in [2.05, 4.69) is 6.92 Å². The monoisotopic (exact) mass is 395 g/mol. The summed E-state index contributed by atoms with van der Waals surface area (Å²) in [5.74, 6) is 0.512. The summed E-state index contributed by atoms with van der Waals surface area (Å²) < 4.78 is 0. The molecule has 0 radical (unpaired) electrons. The first-order valence-electron chi connectivity index (χ1n) is 13.0. The lowest BCUT2D eigenvalue weighted by atomic mass is 10.0. The van der Waals surface area contributed by atoms with Gasteiger partial charge >= 0.3 is 0 Å². The fraction of sp³-hybridized carbons (Fsp3) is 0.962. The molecule has 0 amide bonds. The highest BCUT2D eigenvalue weighted by Gasteiger charge is 2.02. The normalized spacial score (nSPS) is 11.2. The van der Waals surface area contributed by atoms with Gasteiger partial charge in [0.15, 0.2) is 0 Å². The van der Waals surface area contributed by atoms with Crippen LogP contribution < -0.4 is 5.73 Å². The number of unbranched alkanes of at least 4 members (excludes halogenated alkanes) is 19. The lowest BCUT2D eigenvalue weighted by Crippen LogP contribution is -1.97. The summed E-state index contributed by atoms with van der Waals surface area (Å²) in [7, 11) is 0. The minimum atomic E-state index is 0.512. The third-order valence-corrected chi connectivity index (χ3v) is 5.97. The van der Waals surface area contributed by atoms with Crippen LogP contribution >= 0.6 is 0 Å². The van der Waals surface area contributed by atoms with Gasteiger partial charge in [-0.25, -0.2) is 0 Å². The van der Waals surface area contributed by atoms with Gasteiger partial charge in [0.2, 0.25) is 0 Å². The molecule has 0 fully saturated rings. The molecule has 28 heavy (non-hydrogen) atoms. The van der Waals surface area contributed by atoms with E-state index >= 15 is 0 Å². The number of Topliss-reactive ketones (excluding diaryl/α,β-unsaturated/α-hetero) is 1. The fourth-order valence-electron chi connectivity index (χ4n) is 3.99. The van der Waals surface area contributed by atoms with Crippen LogP contribution in [0.2, 0.25) is 0 Å². The van der Waals surface area contributed by atoms with Crippen LogP contribution in [-0.2, 0) is 4.79 Å². The molecule has 0 aromatic rings. The van der Waals surface area contributed by atoms with Crippen molar-refractivity contribution in [1.29, 1.82) is 0 Å². The van der Waals surface area contributed by atoms with Gasteiger partial charge in [0.25, 0.3) is 0 Å². The summed E-state index contributed by atoms with van der Waals surface area (Å²) in [5, 5.41) is 0. The highest BCUT2D eigenvalue weighted by molar-refractivity contribution is 5.78. The molecule has 0 bridgehead atoms. The van der Waals surface area contributed by atoms with Crippen LogP contribution in [-0.4, -0.2) is 12.3 Å². The lowest BCUT2D eigenvalue weighted by molar-refractivity contribution is -0.119. The van der Waals surface area contributed by atoms with Crippen LogP contribution in [0.5, 0.6) is 0 Å². The highest BCUT2D eigenvalue weighted by Crippen LogP contribution is 2.14. The SMILES string of the molecule is CCCCCCCCCCCC(=O)CCCCCCCCCCCCCCN. The van der Waals surface area contributed by atoms with Crippen LogP contribution in [0.4, 0.5) is 0 Å². The van der Waals surface area contributed by atoms with E-state index in [1.165, 1.54) is 122 Å². The molecule has 2 N–H and O–H groups in total. The van der Waals surface area contributed by atoms with E-state index in [-0.39, 0.29) is 0 Å². The molecule has 2 heteroatoms. The molecule has 2 nitrogen and oxygen atoms in total. The molecular weight excluding hydrogens is 342 g/mol. The predicted molar refractivity (Wildman–Crippen MR) is 126 cm³/mol. The Morgan fingerprint density at radius 1 is 0.464 bits per heavy atom. The Bertz CT molecular complexity index is 303. The second-order valence-corrected chi connectivity index (χ2v) is 8.90. The van der Waals surface area contributed by atoms with Crippen molar-refractivity contribution >= 4 is 5.78 Å². The Balaban J connectivity index is 3.13. The van der Waals surface area contributed by atoms with Gasteiger partial charge in [0, 0.05) is 12.8 Å². The molecule has 0 spiro atoms. The average Bonchev–Trinajstić information content (AvgIpc) is 2.70. The second kappa shape index (κ2) is 24.7. The third-order valence-electron chi connectivity index (χ3n) is 5.97. The highest BCUT2D eigenvalue weighted by atomic mass is 16.1. The Hall–Kier alpha value is -0.370. The first-order chi connectivity index (χ1) is 13.8. The minimum Gasteiger partial charge on any atom is -0.330 e. The summed E-state index contributed by atoms with van der Waals surface area (Å²) in [6.07, 6.45) is 29.6. The largest absolute Gasteiger partial charge is 0.330 e. The third kappa shape index (κ3) is 23.7. The number of carbonyl (C=O) groups excluding carboxylic acids is 1.